The van der Waals surface area contributed by atoms with Gasteiger partial charge in [0.25, 0.3) is 0 Å². The van der Waals surface area contributed by atoms with Crippen LogP contribution in [0.1, 0.15) is 43.7 Å². The Morgan fingerprint density at radius 3 is 2.42 bits per heavy atom. The maximum atomic E-state index is 11.0. The summed E-state index contributed by atoms with van der Waals surface area (Å²) in [5, 5.41) is 9.01. The smallest absolute Gasteiger partial charge is 0.323 e. The molecule has 4 fully saturated rings. The standard InChI is InChI=1S/C15H20N2O2/c18-14(19)7-17-8-16-6-13(17)15-11-2-9-1-10(4-11)5-12(15)3-9/h6,8-12,15H,1-5,7H2,(H,18,19). The van der Waals surface area contributed by atoms with Gasteiger partial charge in [-0.2, -0.15) is 0 Å². The first-order chi connectivity index (χ1) is 9.20. The van der Waals surface area contributed by atoms with Crippen molar-refractivity contribution >= 4 is 5.97 Å². The lowest BCUT2D eigenvalue weighted by Crippen LogP contribution is -2.44. The molecule has 0 atom stereocenters. The summed E-state index contributed by atoms with van der Waals surface area (Å²) >= 11 is 0. The second kappa shape index (κ2) is 4.09. The van der Waals surface area contributed by atoms with Crippen molar-refractivity contribution in [2.75, 3.05) is 0 Å². The van der Waals surface area contributed by atoms with E-state index in [2.05, 4.69) is 4.98 Å². The predicted molar refractivity (Wildman–Crippen MR) is 69.6 cm³/mol. The molecule has 4 saturated carbocycles. The van der Waals surface area contributed by atoms with Gasteiger partial charge in [0.15, 0.2) is 0 Å². The van der Waals surface area contributed by atoms with Gasteiger partial charge < -0.3 is 9.67 Å². The van der Waals surface area contributed by atoms with Crippen LogP contribution in [0.25, 0.3) is 0 Å². The third-order valence-electron chi connectivity index (χ3n) is 5.62. The molecular formula is C15H20N2O2. The van der Waals surface area contributed by atoms with Gasteiger partial charge in [-0.1, -0.05) is 0 Å². The number of carboxylic acid groups (broad SMARTS) is 1. The van der Waals surface area contributed by atoms with E-state index >= 15 is 0 Å². The average molecular weight is 260 g/mol. The Hall–Kier alpha value is -1.32. The minimum Gasteiger partial charge on any atom is -0.480 e. The number of rotatable bonds is 3. The van der Waals surface area contributed by atoms with Gasteiger partial charge in [-0.15, -0.1) is 0 Å². The van der Waals surface area contributed by atoms with E-state index in [1.54, 1.807) is 6.33 Å². The predicted octanol–water partition coefficient (Wildman–Crippen LogP) is 2.51. The topological polar surface area (TPSA) is 55.1 Å². The van der Waals surface area contributed by atoms with Crippen LogP contribution in [0.5, 0.6) is 0 Å². The number of hydrogen-bond acceptors (Lipinski definition) is 2. The van der Waals surface area contributed by atoms with E-state index in [0.717, 1.165) is 23.7 Å². The third kappa shape index (κ3) is 1.80. The molecule has 4 heteroatoms. The lowest BCUT2D eigenvalue weighted by atomic mass is 9.51. The maximum Gasteiger partial charge on any atom is 0.323 e. The molecule has 19 heavy (non-hydrogen) atoms. The summed E-state index contributed by atoms with van der Waals surface area (Å²) in [4.78, 5) is 15.2. The molecule has 4 nitrogen and oxygen atoms in total. The van der Waals surface area contributed by atoms with E-state index in [1.807, 2.05) is 10.8 Å². The number of carbonyl (C=O) groups is 1. The Balaban J connectivity index is 1.65. The second-order valence-corrected chi connectivity index (χ2v) is 6.80. The summed E-state index contributed by atoms with van der Waals surface area (Å²) in [6, 6.07) is 0. The van der Waals surface area contributed by atoms with Crippen molar-refractivity contribution in [1.29, 1.82) is 0 Å². The van der Waals surface area contributed by atoms with Crippen LogP contribution in [0.15, 0.2) is 12.5 Å². The number of imidazole rings is 1. The Bertz CT molecular complexity index is 480. The van der Waals surface area contributed by atoms with Crippen molar-refractivity contribution in [2.24, 2.45) is 23.7 Å². The fourth-order valence-corrected chi connectivity index (χ4v) is 5.29. The summed E-state index contributed by atoms with van der Waals surface area (Å²) in [6.45, 7) is 0.0537. The van der Waals surface area contributed by atoms with Crippen molar-refractivity contribution in [1.82, 2.24) is 9.55 Å². The van der Waals surface area contributed by atoms with Crippen LogP contribution >= 0.6 is 0 Å². The molecule has 0 saturated heterocycles. The van der Waals surface area contributed by atoms with E-state index in [-0.39, 0.29) is 6.54 Å². The first-order valence-electron chi connectivity index (χ1n) is 7.42. The summed E-state index contributed by atoms with van der Waals surface area (Å²) in [5.74, 6) is 3.25. The molecule has 0 radical (unpaired) electrons. The van der Waals surface area contributed by atoms with E-state index in [0.29, 0.717) is 5.92 Å². The quantitative estimate of drug-likeness (QED) is 0.908. The van der Waals surface area contributed by atoms with Crippen molar-refractivity contribution in [3.05, 3.63) is 18.2 Å². The van der Waals surface area contributed by atoms with Gasteiger partial charge in [-0.3, -0.25) is 4.79 Å². The minimum atomic E-state index is -0.775. The molecule has 0 aliphatic heterocycles. The summed E-state index contributed by atoms with van der Waals surface area (Å²) in [5.41, 5.74) is 1.18. The summed E-state index contributed by atoms with van der Waals surface area (Å²) < 4.78 is 1.86. The minimum absolute atomic E-state index is 0.0537. The first-order valence-corrected chi connectivity index (χ1v) is 7.42. The summed E-state index contributed by atoms with van der Waals surface area (Å²) in [7, 11) is 0. The van der Waals surface area contributed by atoms with Gasteiger partial charge in [0.05, 0.1) is 6.33 Å². The van der Waals surface area contributed by atoms with Gasteiger partial charge in [0, 0.05) is 17.8 Å². The molecule has 4 aliphatic carbocycles. The molecule has 0 amide bonds. The number of carboxylic acids is 1. The molecule has 4 bridgehead atoms. The fraction of sp³-hybridized carbons (Fsp3) is 0.733. The molecule has 1 N–H and O–H groups in total. The van der Waals surface area contributed by atoms with Gasteiger partial charge in [-0.25, -0.2) is 4.98 Å². The molecular weight excluding hydrogens is 240 g/mol. The summed E-state index contributed by atoms with van der Waals surface area (Å²) in [6.07, 6.45) is 10.5. The van der Waals surface area contributed by atoms with E-state index in [9.17, 15) is 4.79 Å². The molecule has 5 rings (SSSR count). The van der Waals surface area contributed by atoms with E-state index in [1.165, 1.54) is 37.8 Å². The Kier molecular flexibility index (Phi) is 2.47. The van der Waals surface area contributed by atoms with Crippen LogP contribution in [-0.4, -0.2) is 20.6 Å². The molecule has 1 aromatic heterocycles. The molecule has 0 aromatic carbocycles. The molecule has 1 heterocycles. The van der Waals surface area contributed by atoms with Gasteiger partial charge in [-0.05, 0) is 55.8 Å². The normalized spacial score (nSPS) is 39.7. The van der Waals surface area contributed by atoms with E-state index in [4.69, 9.17) is 5.11 Å². The van der Waals surface area contributed by atoms with Gasteiger partial charge in [0.1, 0.15) is 6.54 Å². The van der Waals surface area contributed by atoms with Crippen LogP contribution < -0.4 is 0 Å². The SMILES string of the molecule is O=C(O)Cn1cncc1C1C2CC3CC(C2)CC1C3. The average Bonchev–Trinajstić information content (AvgIpc) is 2.75. The zero-order chi connectivity index (χ0) is 13.0. The fourth-order valence-electron chi connectivity index (χ4n) is 5.29. The first kappa shape index (κ1) is 11.5. The molecule has 0 unspecified atom stereocenters. The van der Waals surface area contributed by atoms with E-state index < -0.39 is 5.97 Å². The number of aliphatic carboxylic acids is 1. The Morgan fingerprint density at radius 1 is 1.21 bits per heavy atom. The monoisotopic (exact) mass is 260 g/mol. The Morgan fingerprint density at radius 2 is 1.84 bits per heavy atom. The molecule has 1 aromatic rings. The lowest BCUT2D eigenvalue weighted by molar-refractivity contribution is -0.137. The molecule has 0 spiro atoms. The highest BCUT2D eigenvalue weighted by Gasteiger charge is 2.49. The van der Waals surface area contributed by atoms with Crippen LogP contribution in [0.4, 0.5) is 0 Å². The second-order valence-electron chi connectivity index (χ2n) is 6.80. The maximum absolute atomic E-state index is 11.0. The Labute approximate surface area is 112 Å². The molecule has 4 aliphatic rings. The van der Waals surface area contributed by atoms with Crippen LogP contribution in [0.2, 0.25) is 0 Å². The third-order valence-corrected chi connectivity index (χ3v) is 5.62. The van der Waals surface area contributed by atoms with Crippen molar-refractivity contribution < 1.29 is 9.90 Å². The van der Waals surface area contributed by atoms with Crippen molar-refractivity contribution in [3.63, 3.8) is 0 Å². The van der Waals surface area contributed by atoms with Crippen LogP contribution in [0, 0.1) is 23.7 Å². The lowest BCUT2D eigenvalue weighted by Gasteiger charge is -2.54. The number of aromatic nitrogens is 2. The van der Waals surface area contributed by atoms with Crippen LogP contribution in [0.3, 0.4) is 0 Å². The van der Waals surface area contributed by atoms with Crippen LogP contribution in [-0.2, 0) is 11.3 Å². The number of nitrogens with zero attached hydrogens (tertiary/aromatic N) is 2. The zero-order valence-corrected chi connectivity index (χ0v) is 11.0. The largest absolute Gasteiger partial charge is 0.480 e. The van der Waals surface area contributed by atoms with Crippen molar-refractivity contribution in [2.45, 2.75) is 44.6 Å². The van der Waals surface area contributed by atoms with Gasteiger partial charge in [0.2, 0.25) is 0 Å². The zero-order valence-electron chi connectivity index (χ0n) is 11.0. The van der Waals surface area contributed by atoms with Crippen molar-refractivity contribution in [3.8, 4) is 0 Å². The number of hydrogen-bond donors (Lipinski definition) is 1. The highest BCUT2D eigenvalue weighted by atomic mass is 16.4. The molecule has 102 valence electrons. The van der Waals surface area contributed by atoms with Gasteiger partial charge >= 0.3 is 5.97 Å². The highest BCUT2D eigenvalue weighted by Crippen LogP contribution is 2.59. The highest BCUT2D eigenvalue weighted by molar-refractivity contribution is 5.66.